The molecule has 1 aliphatic carbocycles. The Labute approximate surface area is 83.2 Å². The number of rotatable bonds is 4. The average molecular weight is 197 g/mol. The Balaban J connectivity index is 1.97. The van der Waals surface area contributed by atoms with E-state index in [1.165, 1.54) is 0 Å². The van der Waals surface area contributed by atoms with E-state index in [1.807, 2.05) is 12.2 Å². The monoisotopic (exact) mass is 197 g/mol. The van der Waals surface area contributed by atoms with E-state index in [4.69, 9.17) is 9.84 Å². The Hall–Kier alpha value is -0.870. The lowest BCUT2D eigenvalue weighted by molar-refractivity contribution is -0.157. The van der Waals surface area contributed by atoms with Gasteiger partial charge in [-0.25, -0.2) is 0 Å². The summed E-state index contributed by atoms with van der Waals surface area (Å²) in [5.74, 6) is 0.192. The van der Waals surface area contributed by atoms with E-state index >= 15 is 0 Å². The fourth-order valence-electron chi connectivity index (χ4n) is 2.24. The van der Waals surface area contributed by atoms with Gasteiger partial charge in [0.1, 0.15) is 0 Å². The summed E-state index contributed by atoms with van der Waals surface area (Å²) in [5, 5.41) is 8.70. The predicted molar refractivity (Wildman–Crippen MR) is 50.6 cm³/mol. The van der Waals surface area contributed by atoms with Gasteiger partial charge in [-0.2, -0.15) is 0 Å². The number of hydrogen-bond acceptors (Lipinski definition) is 3. The fraction of sp³-hybridized carbons (Fsp3) is 0.700. The maximum atomic E-state index is 11.5. The van der Waals surface area contributed by atoms with Gasteiger partial charge in [-0.1, -0.05) is 12.2 Å². The number of aliphatic hydroxyl groups is 1. The molecule has 0 aromatic heterocycles. The molecule has 4 heteroatoms. The van der Waals surface area contributed by atoms with Crippen molar-refractivity contribution in [1.29, 1.82) is 0 Å². The Morgan fingerprint density at radius 1 is 1.57 bits per heavy atom. The van der Waals surface area contributed by atoms with Crippen LogP contribution in [0, 0.1) is 5.92 Å². The van der Waals surface area contributed by atoms with Crippen molar-refractivity contribution in [3.8, 4) is 0 Å². The first-order valence-corrected chi connectivity index (χ1v) is 4.92. The van der Waals surface area contributed by atoms with E-state index < -0.39 is 0 Å². The van der Waals surface area contributed by atoms with E-state index in [0.29, 0.717) is 13.0 Å². The van der Waals surface area contributed by atoms with E-state index in [0.717, 1.165) is 0 Å². The second-order valence-electron chi connectivity index (χ2n) is 3.71. The third kappa shape index (κ3) is 1.26. The smallest absolute Gasteiger partial charge is 0.232 e. The van der Waals surface area contributed by atoms with Crippen molar-refractivity contribution < 1.29 is 14.6 Å². The summed E-state index contributed by atoms with van der Waals surface area (Å²) >= 11 is 0. The molecule has 1 saturated heterocycles. The summed E-state index contributed by atoms with van der Waals surface area (Å²) in [6.07, 6.45) is 4.56. The minimum absolute atomic E-state index is 0.0265. The summed E-state index contributed by atoms with van der Waals surface area (Å²) < 4.78 is 5.26. The zero-order valence-electron chi connectivity index (χ0n) is 8.22. The molecule has 0 aromatic carbocycles. The standard InChI is InChI=1S/C10H15NO3/c1-14-8-4-3-7-9(8)11(10(7)13)5-2-6-12/h3-4,7-9,12H,2,5-6H2,1H3/t7-,8-,9-/m1/s1. The van der Waals surface area contributed by atoms with Crippen molar-refractivity contribution >= 4 is 5.91 Å². The summed E-state index contributed by atoms with van der Waals surface area (Å²) in [6, 6.07) is 0.180. The van der Waals surface area contributed by atoms with Crippen LogP contribution >= 0.6 is 0 Å². The number of hydrogen-bond donors (Lipinski definition) is 1. The lowest BCUT2D eigenvalue weighted by Crippen LogP contribution is -2.62. The number of carbonyl (C=O) groups excluding carboxylic acids is 1. The molecule has 0 aromatic rings. The molecule has 14 heavy (non-hydrogen) atoms. The number of methoxy groups -OCH3 is 1. The lowest BCUT2D eigenvalue weighted by atomic mass is 9.89. The normalized spacial score (nSPS) is 34.6. The highest BCUT2D eigenvalue weighted by molar-refractivity contribution is 5.89. The first-order valence-electron chi connectivity index (χ1n) is 4.92. The van der Waals surface area contributed by atoms with Crippen molar-refractivity contribution in [2.75, 3.05) is 20.3 Å². The van der Waals surface area contributed by atoms with Gasteiger partial charge in [0.05, 0.1) is 18.1 Å². The largest absolute Gasteiger partial charge is 0.396 e. The number of β-lactam (4-membered cyclic amide) rings is 1. The molecule has 4 nitrogen and oxygen atoms in total. The molecule has 2 aliphatic rings. The van der Waals surface area contributed by atoms with Gasteiger partial charge in [0.25, 0.3) is 0 Å². The number of nitrogens with zero attached hydrogens (tertiary/aromatic N) is 1. The van der Waals surface area contributed by atoms with Gasteiger partial charge in [-0.05, 0) is 6.42 Å². The Morgan fingerprint density at radius 2 is 2.36 bits per heavy atom. The molecule has 0 bridgehead atoms. The van der Waals surface area contributed by atoms with Crippen molar-refractivity contribution in [2.45, 2.75) is 18.6 Å². The molecule has 0 unspecified atom stereocenters. The van der Waals surface area contributed by atoms with Gasteiger partial charge in [0, 0.05) is 20.3 Å². The fourth-order valence-corrected chi connectivity index (χ4v) is 2.24. The first-order chi connectivity index (χ1) is 6.79. The van der Waals surface area contributed by atoms with Gasteiger partial charge in [-0.15, -0.1) is 0 Å². The van der Waals surface area contributed by atoms with Crippen molar-refractivity contribution in [1.82, 2.24) is 4.90 Å². The maximum Gasteiger partial charge on any atom is 0.232 e. The van der Waals surface area contributed by atoms with Crippen molar-refractivity contribution in [3.63, 3.8) is 0 Å². The Bertz CT molecular complexity index is 264. The van der Waals surface area contributed by atoms with Gasteiger partial charge in [-0.3, -0.25) is 4.79 Å². The van der Waals surface area contributed by atoms with Gasteiger partial charge in [0.15, 0.2) is 0 Å². The van der Waals surface area contributed by atoms with Gasteiger partial charge >= 0.3 is 0 Å². The number of likely N-dealkylation sites (tertiary alicyclic amines) is 1. The van der Waals surface area contributed by atoms with Crippen molar-refractivity contribution in [2.24, 2.45) is 5.92 Å². The first kappa shape index (κ1) is 9.68. The summed E-state index contributed by atoms with van der Waals surface area (Å²) in [7, 11) is 1.66. The zero-order valence-corrected chi connectivity index (χ0v) is 8.22. The second kappa shape index (κ2) is 3.71. The number of amides is 1. The van der Waals surface area contributed by atoms with Crippen LogP contribution in [0.4, 0.5) is 0 Å². The average Bonchev–Trinajstić information content (AvgIpc) is 2.58. The predicted octanol–water partition coefficient (Wildman–Crippen LogP) is -0.219. The van der Waals surface area contributed by atoms with Crippen LogP contribution in [0.3, 0.4) is 0 Å². The third-order valence-corrected chi connectivity index (χ3v) is 2.97. The van der Waals surface area contributed by atoms with E-state index in [1.54, 1.807) is 12.0 Å². The van der Waals surface area contributed by atoms with Crippen molar-refractivity contribution in [3.05, 3.63) is 12.2 Å². The van der Waals surface area contributed by atoms with Crippen LogP contribution in [0.25, 0.3) is 0 Å². The topological polar surface area (TPSA) is 49.8 Å². The van der Waals surface area contributed by atoms with Gasteiger partial charge < -0.3 is 14.7 Å². The molecule has 1 heterocycles. The molecule has 78 valence electrons. The molecule has 3 atom stereocenters. The highest BCUT2D eigenvalue weighted by Crippen LogP contribution is 2.36. The molecule has 1 aliphatic heterocycles. The van der Waals surface area contributed by atoms with Crippen LogP contribution in [0.5, 0.6) is 0 Å². The number of fused-ring (bicyclic) bond motifs is 1. The summed E-state index contributed by atoms with van der Waals surface area (Å²) in [5.41, 5.74) is 0. The van der Waals surface area contributed by atoms with Crippen LogP contribution in [-0.2, 0) is 9.53 Å². The third-order valence-electron chi connectivity index (χ3n) is 2.97. The van der Waals surface area contributed by atoms with Crippen LogP contribution in [0.15, 0.2) is 12.2 Å². The molecule has 0 spiro atoms. The van der Waals surface area contributed by atoms with Crippen LogP contribution < -0.4 is 0 Å². The highest BCUT2D eigenvalue weighted by atomic mass is 16.5. The summed E-state index contributed by atoms with van der Waals surface area (Å²) in [4.78, 5) is 13.3. The number of aliphatic hydroxyl groups excluding tert-OH is 1. The lowest BCUT2D eigenvalue weighted by Gasteiger charge is -2.45. The molecule has 1 N–H and O–H groups in total. The van der Waals surface area contributed by atoms with Crippen LogP contribution in [0.2, 0.25) is 0 Å². The zero-order chi connectivity index (χ0) is 10.1. The molecule has 1 fully saturated rings. The number of carbonyl (C=O) groups is 1. The minimum Gasteiger partial charge on any atom is -0.396 e. The molecule has 0 radical (unpaired) electrons. The maximum absolute atomic E-state index is 11.5. The minimum atomic E-state index is 0.0265. The quantitative estimate of drug-likeness (QED) is 0.501. The van der Waals surface area contributed by atoms with Crippen LogP contribution in [-0.4, -0.2) is 48.3 Å². The molecule has 0 saturated carbocycles. The summed E-state index contributed by atoms with van der Waals surface area (Å²) in [6.45, 7) is 0.768. The van der Waals surface area contributed by atoms with E-state index in [2.05, 4.69) is 0 Å². The molecular formula is C10H15NO3. The second-order valence-corrected chi connectivity index (χ2v) is 3.71. The Morgan fingerprint density at radius 3 is 3.00 bits per heavy atom. The number of ether oxygens (including phenoxy) is 1. The van der Waals surface area contributed by atoms with Gasteiger partial charge in [0.2, 0.25) is 5.91 Å². The van der Waals surface area contributed by atoms with E-state index in [-0.39, 0.29) is 30.6 Å². The highest BCUT2D eigenvalue weighted by Gasteiger charge is 2.51. The Kier molecular flexibility index (Phi) is 2.56. The SMILES string of the molecule is CO[C@@H]1C=C[C@H]2C(=O)N(CCCO)[C@@H]12. The molecule has 1 amide bonds. The molecular weight excluding hydrogens is 182 g/mol. The van der Waals surface area contributed by atoms with E-state index in [9.17, 15) is 4.79 Å². The van der Waals surface area contributed by atoms with Crippen LogP contribution in [0.1, 0.15) is 6.42 Å². The molecule has 2 rings (SSSR count).